The summed E-state index contributed by atoms with van der Waals surface area (Å²) in [6.07, 6.45) is 0. The highest BCUT2D eigenvalue weighted by Gasteiger charge is 2.26. The van der Waals surface area contributed by atoms with Crippen molar-refractivity contribution >= 4 is 33.0 Å². The number of nitrogens with zero attached hydrogens (tertiary/aromatic N) is 1. The van der Waals surface area contributed by atoms with E-state index in [1.807, 2.05) is 6.92 Å². The third-order valence-electron chi connectivity index (χ3n) is 4.99. The molecular weight excluding hydrogens is 452 g/mol. The fourth-order valence-corrected chi connectivity index (χ4v) is 5.17. The van der Waals surface area contributed by atoms with Gasteiger partial charge in [0.25, 0.3) is 5.56 Å². The minimum Gasteiger partial charge on any atom is -0.495 e. The Labute approximate surface area is 191 Å². The fraction of sp³-hybridized carbons (Fsp3) is 0.217. The van der Waals surface area contributed by atoms with Crippen molar-refractivity contribution in [3.63, 3.8) is 0 Å². The van der Waals surface area contributed by atoms with Crippen molar-refractivity contribution in [3.8, 4) is 5.75 Å². The second-order valence-corrected chi connectivity index (χ2v) is 9.70. The molecule has 2 aromatic carbocycles. The number of anilines is 1. The fourth-order valence-electron chi connectivity index (χ4n) is 3.36. The van der Waals surface area contributed by atoms with Crippen LogP contribution in [0.2, 0.25) is 5.02 Å². The largest absolute Gasteiger partial charge is 0.495 e. The summed E-state index contributed by atoms with van der Waals surface area (Å²) in [6.45, 7) is 4.70. The van der Waals surface area contributed by atoms with Gasteiger partial charge in [0.2, 0.25) is 15.7 Å². The Morgan fingerprint density at radius 2 is 1.72 bits per heavy atom. The number of nitrogens with one attached hydrogen (secondary N) is 1. The molecule has 0 bridgehead atoms. The summed E-state index contributed by atoms with van der Waals surface area (Å²) in [6, 6.07) is 12.6. The smallest absolute Gasteiger partial charge is 0.270 e. The molecule has 0 atom stereocenters. The van der Waals surface area contributed by atoms with Gasteiger partial charge in [-0.2, -0.15) is 0 Å². The van der Waals surface area contributed by atoms with Crippen LogP contribution >= 0.6 is 11.6 Å². The molecule has 7 nitrogen and oxygen atoms in total. The van der Waals surface area contributed by atoms with Crippen molar-refractivity contribution in [1.82, 2.24) is 4.57 Å². The quantitative estimate of drug-likeness (QED) is 0.584. The average Bonchev–Trinajstić information content (AvgIpc) is 2.71. The maximum Gasteiger partial charge on any atom is 0.270 e. The van der Waals surface area contributed by atoms with E-state index in [0.717, 1.165) is 10.1 Å². The zero-order valence-corrected chi connectivity index (χ0v) is 19.7. The van der Waals surface area contributed by atoms with Crippen LogP contribution in [0.1, 0.15) is 16.8 Å². The van der Waals surface area contributed by atoms with Crippen LogP contribution < -0.4 is 15.6 Å². The molecule has 0 fully saturated rings. The van der Waals surface area contributed by atoms with Crippen LogP contribution in [0.15, 0.2) is 63.1 Å². The Morgan fingerprint density at radius 1 is 1.06 bits per heavy atom. The molecule has 32 heavy (non-hydrogen) atoms. The predicted octanol–water partition coefficient (Wildman–Crippen LogP) is 3.91. The van der Waals surface area contributed by atoms with Gasteiger partial charge in [0, 0.05) is 11.4 Å². The molecule has 3 aromatic rings. The van der Waals surface area contributed by atoms with Crippen LogP contribution in [0.3, 0.4) is 0 Å². The number of ether oxygens (including phenoxy) is 1. The number of sulfone groups is 1. The number of methoxy groups -OCH3 is 1. The topological polar surface area (TPSA) is 94.5 Å². The number of halogens is 1. The van der Waals surface area contributed by atoms with Crippen LogP contribution in [-0.2, 0) is 21.2 Å². The van der Waals surface area contributed by atoms with E-state index in [9.17, 15) is 18.0 Å². The average molecular weight is 475 g/mol. The van der Waals surface area contributed by atoms with Gasteiger partial charge in [0.15, 0.2) is 0 Å². The molecule has 0 aliphatic carbocycles. The molecule has 0 aliphatic heterocycles. The lowest BCUT2D eigenvalue weighted by Crippen LogP contribution is -2.33. The van der Waals surface area contributed by atoms with E-state index in [1.54, 1.807) is 44.2 Å². The SMILES string of the molecule is COc1ccc(NC(=O)Cn2c(C)cc(C)c(S(=O)(=O)c3ccc(C)cc3)c2=O)cc1Cl. The number of hydrogen-bond donors (Lipinski definition) is 1. The van der Waals surface area contributed by atoms with Gasteiger partial charge < -0.3 is 14.6 Å². The molecule has 0 unspecified atom stereocenters. The summed E-state index contributed by atoms with van der Waals surface area (Å²) in [5, 5.41) is 2.98. The van der Waals surface area contributed by atoms with E-state index in [-0.39, 0.29) is 16.3 Å². The lowest BCUT2D eigenvalue weighted by Gasteiger charge is -2.15. The number of rotatable bonds is 6. The second-order valence-electron chi connectivity index (χ2n) is 7.40. The maximum atomic E-state index is 13.2. The third kappa shape index (κ3) is 4.71. The van der Waals surface area contributed by atoms with E-state index >= 15 is 0 Å². The van der Waals surface area contributed by atoms with Gasteiger partial charge in [-0.05, 0) is 62.7 Å². The lowest BCUT2D eigenvalue weighted by atomic mass is 10.2. The zero-order valence-electron chi connectivity index (χ0n) is 18.1. The Bertz CT molecular complexity index is 1350. The standard InChI is InChI=1S/C23H23ClN2O5S/c1-14-5-8-18(9-6-14)32(29,30)22-15(2)11-16(3)26(23(22)28)13-21(27)25-17-7-10-20(31-4)19(24)12-17/h5-12H,13H2,1-4H3,(H,25,27). The van der Waals surface area contributed by atoms with Gasteiger partial charge >= 0.3 is 0 Å². The van der Waals surface area contributed by atoms with Gasteiger partial charge in [0.05, 0.1) is 17.0 Å². The van der Waals surface area contributed by atoms with E-state index in [4.69, 9.17) is 16.3 Å². The van der Waals surface area contributed by atoms with Crippen molar-refractivity contribution in [2.24, 2.45) is 0 Å². The van der Waals surface area contributed by atoms with E-state index in [1.165, 1.54) is 25.3 Å². The van der Waals surface area contributed by atoms with E-state index in [2.05, 4.69) is 5.32 Å². The second kappa shape index (κ2) is 9.18. The summed E-state index contributed by atoms with van der Waals surface area (Å²) in [7, 11) is -2.58. The highest BCUT2D eigenvalue weighted by Crippen LogP contribution is 2.27. The number of carbonyl (C=O) groups excluding carboxylic acids is 1. The van der Waals surface area contributed by atoms with Gasteiger partial charge in [-0.1, -0.05) is 29.3 Å². The summed E-state index contributed by atoms with van der Waals surface area (Å²) in [5.41, 5.74) is 1.37. The highest BCUT2D eigenvalue weighted by atomic mass is 35.5. The summed E-state index contributed by atoms with van der Waals surface area (Å²) < 4.78 is 32.6. The lowest BCUT2D eigenvalue weighted by molar-refractivity contribution is -0.116. The zero-order chi connectivity index (χ0) is 23.6. The van der Waals surface area contributed by atoms with Crippen molar-refractivity contribution in [3.05, 3.63) is 80.7 Å². The molecule has 0 saturated carbocycles. The highest BCUT2D eigenvalue weighted by molar-refractivity contribution is 7.91. The summed E-state index contributed by atoms with van der Waals surface area (Å²) in [5.74, 6) is -0.0415. The normalized spacial score (nSPS) is 11.3. The number of pyridine rings is 1. The number of carbonyl (C=O) groups is 1. The minimum atomic E-state index is -4.06. The molecule has 3 rings (SSSR count). The Morgan fingerprint density at radius 3 is 2.31 bits per heavy atom. The first-order valence-electron chi connectivity index (χ1n) is 9.70. The van der Waals surface area contributed by atoms with Crippen molar-refractivity contribution in [2.45, 2.75) is 37.1 Å². The molecular formula is C23H23ClN2O5S. The third-order valence-corrected chi connectivity index (χ3v) is 7.21. The Balaban J connectivity index is 1.96. The first-order valence-corrected chi connectivity index (χ1v) is 11.6. The van der Waals surface area contributed by atoms with Gasteiger partial charge in [-0.3, -0.25) is 9.59 Å². The van der Waals surface area contributed by atoms with Crippen LogP contribution in [-0.4, -0.2) is 26.0 Å². The summed E-state index contributed by atoms with van der Waals surface area (Å²) in [4.78, 5) is 25.5. The molecule has 9 heteroatoms. The molecule has 1 N–H and O–H groups in total. The van der Waals surface area contributed by atoms with Crippen molar-refractivity contribution in [1.29, 1.82) is 0 Å². The number of amides is 1. The van der Waals surface area contributed by atoms with Crippen molar-refractivity contribution in [2.75, 3.05) is 12.4 Å². The minimum absolute atomic E-state index is 0.0241. The van der Waals surface area contributed by atoms with Crippen molar-refractivity contribution < 1.29 is 17.9 Å². The van der Waals surface area contributed by atoms with Gasteiger partial charge in [0.1, 0.15) is 17.2 Å². The molecule has 0 radical (unpaired) electrons. The van der Waals surface area contributed by atoms with Gasteiger partial charge in [-0.15, -0.1) is 0 Å². The number of aromatic nitrogens is 1. The molecule has 168 valence electrons. The van der Waals surface area contributed by atoms with E-state index < -0.39 is 21.3 Å². The molecule has 1 heterocycles. The molecule has 1 amide bonds. The van der Waals surface area contributed by atoms with E-state index in [0.29, 0.717) is 27.7 Å². The number of aryl methyl sites for hydroxylation is 3. The van der Waals surface area contributed by atoms with Crippen LogP contribution in [0.5, 0.6) is 5.75 Å². The first kappa shape index (κ1) is 23.6. The Hall–Kier alpha value is -3.10. The monoisotopic (exact) mass is 474 g/mol. The number of hydrogen-bond acceptors (Lipinski definition) is 5. The molecule has 1 aromatic heterocycles. The Kier molecular flexibility index (Phi) is 6.76. The molecule has 0 aliphatic rings. The predicted molar refractivity (Wildman–Crippen MR) is 123 cm³/mol. The van der Waals surface area contributed by atoms with Crippen LogP contribution in [0.25, 0.3) is 0 Å². The van der Waals surface area contributed by atoms with Crippen LogP contribution in [0, 0.1) is 20.8 Å². The molecule has 0 saturated heterocycles. The molecule has 0 spiro atoms. The van der Waals surface area contributed by atoms with Crippen LogP contribution in [0.4, 0.5) is 5.69 Å². The first-order chi connectivity index (χ1) is 15.0. The maximum absolute atomic E-state index is 13.2. The van der Waals surface area contributed by atoms with Gasteiger partial charge in [-0.25, -0.2) is 8.42 Å². The summed E-state index contributed by atoms with van der Waals surface area (Å²) >= 11 is 6.08. The number of benzene rings is 2.